The number of aliphatic hydroxyl groups is 1. The molecular formula is C23H41NO9S. The number of unbranched alkanes of at least 4 members (excludes halogenated alkanes) is 1. The highest BCUT2D eigenvalue weighted by molar-refractivity contribution is 7.86. The molecule has 0 aliphatic heterocycles. The number of aliphatic hydroxyl groups excluding tert-OH is 1. The Morgan fingerprint density at radius 2 is 1.74 bits per heavy atom. The molecule has 1 aliphatic carbocycles. The van der Waals surface area contributed by atoms with E-state index in [1.54, 1.807) is 0 Å². The molecule has 198 valence electrons. The number of ether oxygens (including phenoxy) is 2. The average Bonchev–Trinajstić information content (AvgIpc) is 2.79. The van der Waals surface area contributed by atoms with Crippen LogP contribution in [0.5, 0.6) is 0 Å². The molecular weight excluding hydrogens is 466 g/mol. The van der Waals surface area contributed by atoms with Crippen molar-refractivity contribution in [1.82, 2.24) is 5.32 Å². The Hall–Kier alpha value is -1.72. The molecule has 0 bridgehead atoms. The van der Waals surface area contributed by atoms with E-state index in [1.165, 1.54) is 20.8 Å². The molecule has 11 heteroatoms. The minimum Gasteiger partial charge on any atom is -0.425 e. The predicted molar refractivity (Wildman–Crippen MR) is 125 cm³/mol. The van der Waals surface area contributed by atoms with Gasteiger partial charge in [0.15, 0.2) is 6.10 Å². The summed E-state index contributed by atoms with van der Waals surface area (Å²) in [5.41, 5.74) is -1.29. The average molecular weight is 508 g/mol. The van der Waals surface area contributed by atoms with Crippen LogP contribution in [0.2, 0.25) is 0 Å². The first-order valence-electron chi connectivity index (χ1n) is 12.1. The van der Waals surface area contributed by atoms with Gasteiger partial charge in [-0.1, -0.05) is 46.5 Å². The molecule has 1 saturated carbocycles. The van der Waals surface area contributed by atoms with Crippen LogP contribution in [0.25, 0.3) is 0 Å². The number of esters is 2. The van der Waals surface area contributed by atoms with Crippen molar-refractivity contribution in [2.24, 2.45) is 11.3 Å². The summed E-state index contributed by atoms with van der Waals surface area (Å²) in [6.45, 7) is 5.99. The lowest BCUT2D eigenvalue weighted by Gasteiger charge is -2.33. The van der Waals surface area contributed by atoms with Gasteiger partial charge in [0.2, 0.25) is 12.2 Å². The molecule has 1 aliphatic rings. The van der Waals surface area contributed by atoms with Crippen LogP contribution in [-0.2, 0) is 38.2 Å². The van der Waals surface area contributed by atoms with E-state index in [9.17, 15) is 27.9 Å². The van der Waals surface area contributed by atoms with Gasteiger partial charge in [-0.3, -0.25) is 13.8 Å². The summed E-state index contributed by atoms with van der Waals surface area (Å²) in [7, 11) is -3.92. The summed E-state index contributed by atoms with van der Waals surface area (Å²) in [5, 5.41) is 13.1. The highest BCUT2D eigenvalue weighted by Crippen LogP contribution is 2.31. The quantitative estimate of drug-likeness (QED) is 0.148. The molecule has 1 unspecified atom stereocenters. The number of nitrogens with one attached hydrogen (secondary N) is 1. The van der Waals surface area contributed by atoms with E-state index in [4.69, 9.17) is 13.7 Å². The fraction of sp³-hybridized carbons (Fsp3) is 0.870. The highest BCUT2D eigenvalue weighted by Gasteiger charge is 2.39. The third kappa shape index (κ3) is 11.6. The number of carbonyl (C=O) groups excluding carboxylic acids is 3. The third-order valence-corrected chi connectivity index (χ3v) is 7.03. The van der Waals surface area contributed by atoms with Gasteiger partial charge in [0.05, 0.1) is 12.4 Å². The topological polar surface area (TPSA) is 145 Å². The van der Waals surface area contributed by atoms with E-state index in [2.05, 4.69) is 5.32 Å². The van der Waals surface area contributed by atoms with Crippen molar-refractivity contribution in [1.29, 1.82) is 0 Å². The Balaban J connectivity index is 2.70. The van der Waals surface area contributed by atoms with Crippen molar-refractivity contribution in [2.45, 2.75) is 97.9 Å². The summed E-state index contributed by atoms with van der Waals surface area (Å²) in [5.74, 6) is -2.16. The van der Waals surface area contributed by atoms with Gasteiger partial charge in [0.25, 0.3) is 10.1 Å². The van der Waals surface area contributed by atoms with Gasteiger partial charge in [0, 0.05) is 31.2 Å². The van der Waals surface area contributed by atoms with Gasteiger partial charge in [-0.2, -0.15) is 8.42 Å². The normalized spacial score (nSPS) is 17.0. The molecule has 0 aromatic heterocycles. The van der Waals surface area contributed by atoms with Crippen molar-refractivity contribution in [3.8, 4) is 0 Å². The largest absolute Gasteiger partial charge is 0.425 e. The minimum atomic E-state index is -3.92. The monoisotopic (exact) mass is 507 g/mol. The van der Waals surface area contributed by atoms with Crippen molar-refractivity contribution in [3.05, 3.63) is 0 Å². The molecule has 0 aromatic carbocycles. The molecule has 2 N–H and O–H groups in total. The molecule has 10 nitrogen and oxygen atoms in total. The molecule has 0 saturated heterocycles. The Labute approximate surface area is 203 Å². The summed E-state index contributed by atoms with van der Waals surface area (Å²) < 4.78 is 40.1. The van der Waals surface area contributed by atoms with Crippen LogP contribution in [-0.4, -0.2) is 62.7 Å². The third-order valence-electron chi connectivity index (χ3n) is 5.77. The maximum atomic E-state index is 12.7. The molecule has 34 heavy (non-hydrogen) atoms. The fourth-order valence-electron chi connectivity index (χ4n) is 3.52. The summed E-state index contributed by atoms with van der Waals surface area (Å²) >= 11 is 0. The van der Waals surface area contributed by atoms with E-state index in [-0.39, 0.29) is 37.0 Å². The molecule has 0 aromatic rings. The summed E-state index contributed by atoms with van der Waals surface area (Å²) in [6, 6.07) is 0. The maximum absolute atomic E-state index is 12.7. The fourth-order valence-corrected chi connectivity index (χ4v) is 4.62. The van der Waals surface area contributed by atoms with Crippen LogP contribution in [0, 0.1) is 11.3 Å². The van der Waals surface area contributed by atoms with Crippen molar-refractivity contribution < 1.29 is 41.6 Å². The predicted octanol–water partition coefficient (Wildman–Crippen LogP) is 2.43. The van der Waals surface area contributed by atoms with Gasteiger partial charge in [-0.15, -0.1) is 0 Å². The second kappa shape index (κ2) is 14.6. The van der Waals surface area contributed by atoms with Crippen molar-refractivity contribution >= 4 is 28.0 Å². The zero-order valence-electron chi connectivity index (χ0n) is 20.8. The SMILES string of the molecule is CCCCC(=O)OC(OC(=O)[C@H](O)C(C)(C)COS(=O)(=O)CCCNC(C)=O)C1CCCCC1. The van der Waals surface area contributed by atoms with E-state index in [0.717, 1.165) is 38.5 Å². The lowest BCUT2D eigenvalue weighted by atomic mass is 9.87. The summed E-state index contributed by atoms with van der Waals surface area (Å²) in [6.07, 6.45) is 3.54. The van der Waals surface area contributed by atoms with Crippen LogP contribution in [0.1, 0.15) is 85.5 Å². The Morgan fingerprint density at radius 1 is 1.09 bits per heavy atom. The van der Waals surface area contributed by atoms with Crippen molar-refractivity contribution in [3.63, 3.8) is 0 Å². The van der Waals surface area contributed by atoms with E-state index in [0.29, 0.717) is 6.42 Å². The first-order valence-corrected chi connectivity index (χ1v) is 13.6. The van der Waals surface area contributed by atoms with Gasteiger partial charge >= 0.3 is 11.9 Å². The molecule has 1 rings (SSSR count). The molecule has 0 radical (unpaired) electrons. The lowest BCUT2D eigenvalue weighted by Crippen LogP contribution is -2.44. The van der Waals surface area contributed by atoms with Crippen LogP contribution in [0.3, 0.4) is 0 Å². The number of hydrogen-bond donors (Lipinski definition) is 2. The smallest absolute Gasteiger partial charge is 0.338 e. The number of rotatable bonds is 15. The zero-order valence-corrected chi connectivity index (χ0v) is 21.7. The van der Waals surface area contributed by atoms with E-state index in [1.807, 2.05) is 6.92 Å². The van der Waals surface area contributed by atoms with Crippen LogP contribution in [0.4, 0.5) is 0 Å². The minimum absolute atomic E-state index is 0.140. The van der Waals surface area contributed by atoms with Gasteiger partial charge in [-0.25, -0.2) is 4.79 Å². The Morgan fingerprint density at radius 3 is 2.32 bits per heavy atom. The molecule has 2 atom stereocenters. The maximum Gasteiger partial charge on any atom is 0.338 e. The van der Waals surface area contributed by atoms with Gasteiger partial charge in [0.1, 0.15) is 0 Å². The molecule has 1 amide bonds. The number of hydrogen-bond acceptors (Lipinski definition) is 9. The van der Waals surface area contributed by atoms with E-state index < -0.39 is 46.5 Å². The van der Waals surface area contributed by atoms with Gasteiger partial charge < -0.3 is 19.9 Å². The zero-order chi connectivity index (χ0) is 25.8. The molecule has 1 fully saturated rings. The van der Waals surface area contributed by atoms with Gasteiger partial charge in [-0.05, 0) is 25.7 Å². The summed E-state index contributed by atoms with van der Waals surface area (Å²) in [4.78, 5) is 35.8. The molecule has 0 spiro atoms. The molecule has 0 heterocycles. The first kappa shape index (κ1) is 30.3. The Bertz CT molecular complexity index is 760. The second-order valence-corrected chi connectivity index (χ2v) is 11.3. The van der Waals surface area contributed by atoms with Crippen LogP contribution < -0.4 is 5.32 Å². The van der Waals surface area contributed by atoms with Crippen LogP contribution >= 0.6 is 0 Å². The van der Waals surface area contributed by atoms with Crippen molar-refractivity contribution in [2.75, 3.05) is 18.9 Å². The Kier molecular flexibility index (Phi) is 13.0. The first-order chi connectivity index (χ1) is 15.9. The standard InChI is InChI=1S/C23H41NO9S/c1-5-6-13-19(26)32-22(18-11-8-7-9-12-18)33-21(28)20(27)23(3,4)16-31-34(29,30)15-10-14-24-17(2)25/h18,20,22,27H,5-16H2,1-4H3,(H,24,25)/t20-,22?/m0/s1. The second-order valence-electron chi connectivity index (χ2n) is 9.55. The van der Waals surface area contributed by atoms with E-state index >= 15 is 0 Å². The number of amides is 1. The lowest BCUT2D eigenvalue weighted by molar-refractivity contribution is -0.209. The number of carbonyl (C=O) groups is 3. The van der Waals surface area contributed by atoms with Crippen LogP contribution in [0.15, 0.2) is 0 Å². The highest BCUT2D eigenvalue weighted by atomic mass is 32.2.